The monoisotopic (exact) mass is 809 g/mol. The summed E-state index contributed by atoms with van der Waals surface area (Å²) in [5.74, 6) is 1.20. The fraction of sp³-hybridized carbons (Fsp3) is 0.0233. The third-order valence-electron chi connectivity index (χ3n) is 9.45. The molecule has 234 valence electrons. The summed E-state index contributed by atoms with van der Waals surface area (Å²) in [6, 6.07) is 47.4. The Hall–Kier alpha value is -5.77. The van der Waals surface area contributed by atoms with Crippen molar-refractivity contribution in [1.82, 2.24) is 18.8 Å². The number of fused-ring (bicyclic) bond motifs is 12. The molecule has 0 saturated heterocycles. The quantitative estimate of drug-likeness (QED) is 0.131. The molecule has 4 aromatic heterocycles. The predicted molar refractivity (Wildman–Crippen MR) is 194 cm³/mol. The van der Waals surface area contributed by atoms with Crippen LogP contribution in [-0.2, 0) is 21.1 Å². The number of rotatable bonds is 4. The molecule has 0 spiro atoms. The van der Waals surface area contributed by atoms with Crippen molar-refractivity contribution >= 4 is 54.6 Å². The first-order valence-electron chi connectivity index (χ1n) is 16.0. The second-order valence-corrected chi connectivity index (χ2v) is 12.2. The molecule has 10 aromatic rings. The van der Waals surface area contributed by atoms with Crippen LogP contribution in [0.3, 0.4) is 0 Å². The molecule has 0 unspecified atom stereocenters. The number of aryl methyl sites for hydroxylation is 1. The minimum atomic E-state index is 0. The molecule has 0 radical (unpaired) electrons. The van der Waals surface area contributed by atoms with E-state index in [-0.39, 0.29) is 21.1 Å². The molecular formula is C43H26N4OPt. The Morgan fingerprint density at radius 2 is 1.18 bits per heavy atom. The maximum absolute atomic E-state index is 6.49. The predicted octanol–water partition coefficient (Wildman–Crippen LogP) is 10.6. The van der Waals surface area contributed by atoms with Gasteiger partial charge in [0.15, 0.2) is 0 Å². The maximum Gasteiger partial charge on any atom is 2.00 e. The summed E-state index contributed by atoms with van der Waals surface area (Å²) >= 11 is 0. The van der Waals surface area contributed by atoms with E-state index in [1.54, 1.807) is 0 Å². The van der Waals surface area contributed by atoms with Crippen molar-refractivity contribution in [1.29, 1.82) is 0 Å². The summed E-state index contributed by atoms with van der Waals surface area (Å²) in [7, 11) is 0. The van der Waals surface area contributed by atoms with Crippen molar-refractivity contribution in [3.8, 4) is 33.8 Å². The number of imidazole rings is 2. The van der Waals surface area contributed by atoms with Gasteiger partial charge in [-0.3, -0.25) is 9.97 Å². The van der Waals surface area contributed by atoms with E-state index in [1.165, 1.54) is 27.8 Å². The third kappa shape index (κ3) is 4.57. The first kappa shape index (κ1) is 29.4. The fourth-order valence-electron chi connectivity index (χ4n) is 7.24. The van der Waals surface area contributed by atoms with Crippen LogP contribution in [0.1, 0.15) is 5.56 Å². The van der Waals surface area contributed by atoms with Crippen LogP contribution in [0.2, 0.25) is 0 Å². The molecule has 10 rings (SSSR count). The number of benzene rings is 6. The molecule has 6 heteroatoms. The molecular weight excluding hydrogens is 784 g/mol. The summed E-state index contributed by atoms with van der Waals surface area (Å²) < 4.78 is 10.8. The van der Waals surface area contributed by atoms with Gasteiger partial charge in [-0.2, -0.15) is 0 Å². The van der Waals surface area contributed by atoms with E-state index < -0.39 is 0 Å². The van der Waals surface area contributed by atoms with E-state index in [4.69, 9.17) is 14.7 Å². The van der Waals surface area contributed by atoms with Crippen molar-refractivity contribution in [2.75, 3.05) is 0 Å². The Morgan fingerprint density at radius 1 is 0.551 bits per heavy atom. The van der Waals surface area contributed by atoms with Crippen LogP contribution in [0, 0.1) is 19.1 Å². The van der Waals surface area contributed by atoms with E-state index in [0.717, 1.165) is 54.6 Å². The van der Waals surface area contributed by atoms with Gasteiger partial charge < -0.3 is 13.5 Å². The van der Waals surface area contributed by atoms with Crippen molar-refractivity contribution in [2.45, 2.75) is 6.92 Å². The van der Waals surface area contributed by atoms with Crippen LogP contribution in [-0.4, -0.2) is 18.8 Å². The molecule has 0 saturated carbocycles. The third-order valence-corrected chi connectivity index (χ3v) is 9.45. The largest absolute Gasteiger partial charge is 2.00 e. The Labute approximate surface area is 296 Å². The van der Waals surface area contributed by atoms with Gasteiger partial charge in [0.25, 0.3) is 0 Å². The van der Waals surface area contributed by atoms with Gasteiger partial charge in [-0.15, -0.1) is 12.1 Å². The standard InChI is InChI=1S/C43H26N4O.Pt/c1-27-8-5-6-11-32(27)29-14-17-35-34-18-15-30(25-37(34)42-44-21-23-47(42)40(35)24-29)48-31-16-19-36-38(26-31)43-45-20-22-46(43)39-13-7-12-33(41(36)39)28-9-3-2-4-10-28;/h2-24H,1H3;/q-2;+2. The van der Waals surface area contributed by atoms with Gasteiger partial charge in [-0.25, -0.2) is 0 Å². The van der Waals surface area contributed by atoms with Gasteiger partial charge in [0.05, 0.1) is 11.3 Å². The molecule has 0 atom stereocenters. The Morgan fingerprint density at radius 3 is 1.94 bits per heavy atom. The van der Waals surface area contributed by atoms with Gasteiger partial charge in [0.2, 0.25) is 0 Å². The van der Waals surface area contributed by atoms with Crippen LogP contribution in [0.25, 0.3) is 76.9 Å². The van der Waals surface area contributed by atoms with Gasteiger partial charge in [-0.05, 0) is 57.6 Å². The van der Waals surface area contributed by atoms with Crippen molar-refractivity contribution in [3.63, 3.8) is 0 Å². The topological polar surface area (TPSA) is 43.8 Å². The van der Waals surface area contributed by atoms with Crippen molar-refractivity contribution in [3.05, 3.63) is 158 Å². The molecule has 0 N–H and O–H groups in total. The van der Waals surface area contributed by atoms with E-state index in [9.17, 15) is 0 Å². The first-order valence-corrected chi connectivity index (χ1v) is 16.0. The van der Waals surface area contributed by atoms with Crippen LogP contribution in [0.15, 0.2) is 140 Å². The van der Waals surface area contributed by atoms with Crippen LogP contribution in [0.5, 0.6) is 11.5 Å². The molecule has 0 aliphatic carbocycles. The molecule has 49 heavy (non-hydrogen) atoms. The summed E-state index contributed by atoms with van der Waals surface area (Å²) in [6.07, 6.45) is 7.71. The van der Waals surface area contributed by atoms with Crippen molar-refractivity contribution < 1.29 is 25.8 Å². The van der Waals surface area contributed by atoms with Crippen LogP contribution >= 0.6 is 0 Å². The van der Waals surface area contributed by atoms with Gasteiger partial charge in [-0.1, -0.05) is 125 Å². The zero-order chi connectivity index (χ0) is 31.8. The molecule has 6 aromatic carbocycles. The molecule has 0 aliphatic heterocycles. The number of pyridine rings is 2. The Bertz CT molecular complexity index is 2890. The smallest absolute Gasteiger partial charge is 0.497 e. The van der Waals surface area contributed by atoms with Crippen molar-refractivity contribution in [2.24, 2.45) is 0 Å². The van der Waals surface area contributed by atoms with E-state index in [0.29, 0.717) is 11.5 Å². The average Bonchev–Trinajstić information content (AvgIpc) is 3.84. The van der Waals surface area contributed by atoms with Crippen LogP contribution in [0.4, 0.5) is 0 Å². The van der Waals surface area contributed by atoms with Gasteiger partial charge in [0.1, 0.15) is 0 Å². The van der Waals surface area contributed by atoms with Crippen LogP contribution < -0.4 is 4.74 Å². The second-order valence-electron chi connectivity index (χ2n) is 12.2. The number of hydrogen-bond donors (Lipinski definition) is 0. The number of hydrogen-bond acceptors (Lipinski definition) is 3. The van der Waals surface area contributed by atoms with E-state index >= 15 is 0 Å². The normalized spacial score (nSPS) is 11.6. The first-order chi connectivity index (χ1) is 23.7. The number of aromatic nitrogens is 4. The molecule has 4 heterocycles. The van der Waals surface area contributed by atoms with Gasteiger partial charge >= 0.3 is 21.1 Å². The van der Waals surface area contributed by atoms with Gasteiger partial charge in [0, 0.05) is 47.3 Å². The maximum atomic E-state index is 6.49. The molecule has 0 amide bonds. The number of ether oxygens (including phenoxy) is 1. The van der Waals surface area contributed by atoms with E-state index in [1.807, 2.05) is 43.0 Å². The summed E-state index contributed by atoms with van der Waals surface area (Å²) in [5.41, 5.74) is 9.87. The molecule has 5 nitrogen and oxygen atoms in total. The molecule has 0 bridgehead atoms. The summed E-state index contributed by atoms with van der Waals surface area (Å²) in [6.45, 7) is 2.15. The molecule has 0 aliphatic rings. The number of nitrogens with zero attached hydrogens (tertiary/aromatic N) is 4. The minimum Gasteiger partial charge on any atom is -0.497 e. The Balaban J connectivity index is 0.00000325. The fourth-order valence-corrected chi connectivity index (χ4v) is 7.24. The molecule has 0 fully saturated rings. The zero-order valence-electron chi connectivity index (χ0n) is 26.3. The Kier molecular flexibility index (Phi) is 6.85. The van der Waals surface area contributed by atoms with E-state index in [2.05, 4.69) is 125 Å². The summed E-state index contributed by atoms with van der Waals surface area (Å²) in [5, 5.41) is 6.26. The summed E-state index contributed by atoms with van der Waals surface area (Å²) in [4.78, 5) is 9.49. The zero-order valence-corrected chi connectivity index (χ0v) is 28.6. The second kappa shape index (κ2) is 11.4. The SMILES string of the molecule is Cc1ccccc1-c1ccc2c3ccc(Oc4[c-]c5c(cc4)c4c(-c6ccccc6)cccc4n4ccnc54)[c-]c3c3nccn3c2c1.[Pt+2]. The minimum absolute atomic E-state index is 0. The average molecular weight is 810 g/mol.